The Kier molecular flexibility index (Phi) is 7.08. The Labute approximate surface area is 144 Å². The average molecular weight is 326 g/mol. The number of aryl methyl sites for hydroxylation is 1. The summed E-state index contributed by atoms with van der Waals surface area (Å²) in [6, 6.07) is 12.2. The van der Waals surface area contributed by atoms with Gasteiger partial charge in [-0.15, -0.1) is 0 Å². The van der Waals surface area contributed by atoms with Crippen molar-refractivity contribution in [1.82, 2.24) is 15.6 Å². The first kappa shape index (κ1) is 17.8. The van der Waals surface area contributed by atoms with E-state index in [0.717, 1.165) is 43.3 Å². The maximum atomic E-state index is 5.42. The number of methoxy groups -OCH3 is 1. The van der Waals surface area contributed by atoms with Gasteiger partial charge in [0.2, 0.25) is 0 Å². The molecule has 0 saturated heterocycles. The molecule has 5 heteroatoms. The van der Waals surface area contributed by atoms with Gasteiger partial charge in [-0.3, -0.25) is 9.98 Å². The van der Waals surface area contributed by atoms with Crippen molar-refractivity contribution in [2.45, 2.75) is 19.8 Å². The van der Waals surface area contributed by atoms with E-state index in [1.165, 1.54) is 11.1 Å². The van der Waals surface area contributed by atoms with Crippen LogP contribution in [0, 0.1) is 6.92 Å². The first-order valence-electron chi connectivity index (χ1n) is 8.21. The number of aliphatic imine (C=N–C) groups is 1. The average Bonchev–Trinajstić information content (AvgIpc) is 2.61. The zero-order chi connectivity index (χ0) is 17.2. The summed E-state index contributed by atoms with van der Waals surface area (Å²) in [5, 5.41) is 6.65. The van der Waals surface area contributed by atoms with E-state index in [1.54, 1.807) is 14.2 Å². The molecule has 0 spiro atoms. The lowest BCUT2D eigenvalue weighted by Gasteiger charge is -2.13. The Hall–Kier alpha value is -2.56. The van der Waals surface area contributed by atoms with Crippen molar-refractivity contribution >= 4 is 5.96 Å². The highest BCUT2D eigenvalue weighted by atomic mass is 16.5. The second-order valence-electron chi connectivity index (χ2n) is 5.56. The van der Waals surface area contributed by atoms with Gasteiger partial charge in [-0.25, -0.2) is 0 Å². The van der Waals surface area contributed by atoms with Crippen LogP contribution in [0.15, 0.2) is 47.6 Å². The van der Waals surface area contributed by atoms with Gasteiger partial charge in [0.25, 0.3) is 0 Å². The molecular formula is C19H26N4O. The van der Waals surface area contributed by atoms with Gasteiger partial charge in [0.15, 0.2) is 5.96 Å². The topological polar surface area (TPSA) is 58.5 Å². The summed E-state index contributed by atoms with van der Waals surface area (Å²) in [7, 11) is 3.49. The van der Waals surface area contributed by atoms with Crippen molar-refractivity contribution in [3.63, 3.8) is 0 Å². The van der Waals surface area contributed by atoms with Gasteiger partial charge < -0.3 is 15.4 Å². The normalized spacial score (nSPS) is 11.2. The Morgan fingerprint density at radius 3 is 2.58 bits per heavy atom. The largest absolute Gasteiger partial charge is 0.496 e. The van der Waals surface area contributed by atoms with Gasteiger partial charge >= 0.3 is 0 Å². The molecule has 0 aliphatic carbocycles. The minimum Gasteiger partial charge on any atom is -0.496 e. The summed E-state index contributed by atoms with van der Waals surface area (Å²) in [6.45, 7) is 3.68. The summed E-state index contributed by atoms with van der Waals surface area (Å²) < 4.78 is 5.42. The Bertz CT molecular complexity index is 656. The van der Waals surface area contributed by atoms with Crippen molar-refractivity contribution in [2.24, 2.45) is 4.99 Å². The third-order valence-electron chi connectivity index (χ3n) is 3.75. The molecule has 128 valence electrons. The lowest BCUT2D eigenvalue weighted by atomic mass is 10.1. The molecule has 0 aliphatic heterocycles. The van der Waals surface area contributed by atoms with E-state index in [4.69, 9.17) is 4.74 Å². The quantitative estimate of drug-likeness (QED) is 0.606. The lowest BCUT2D eigenvalue weighted by Crippen LogP contribution is -2.39. The molecule has 2 aromatic rings. The predicted octanol–water partition coefficient (Wildman–Crippen LogP) is 2.35. The number of nitrogens with one attached hydrogen (secondary N) is 2. The summed E-state index contributed by atoms with van der Waals surface area (Å²) in [5.41, 5.74) is 3.52. The lowest BCUT2D eigenvalue weighted by molar-refractivity contribution is 0.409. The second-order valence-corrected chi connectivity index (χ2v) is 5.56. The zero-order valence-electron chi connectivity index (χ0n) is 14.7. The molecule has 0 unspecified atom stereocenters. The van der Waals surface area contributed by atoms with E-state index >= 15 is 0 Å². The maximum absolute atomic E-state index is 5.42. The predicted molar refractivity (Wildman–Crippen MR) is 98.7 cm³/mol. The van der Waals surface area contributed by atoms with Crippen LogP contribution >= 0.6 is 0 Å². The summed E-state index contributed by atoms with van der Waals surface area (Å²) in [5.74, 6) is 1.73. The van der Waals surface area contributed by atoms with Crippen LogP contribution in [0.3, 0.4) is 0 Å². The first-order chi connectivity index (χ1) is 11.7. The van der Waals surface area contributed by atoms with E-state index in [-0.39, 0.29) is 0 Å². The van der Waals surface area contributed by atoms with Gasteiger partial charge in [0, 0.05) is 38.4 Å². The van der Waals surface area contributed by atoms with Crippen LogP contribution in [-0.4, -0.2) is 38.2 Å². The standard InChI is InChI=1S/C19H26N4O/c1-15-7-8-18(24-3)16(14-15)9-12-22-19(20-2)23-13-10-17-6-4-5-11-21-17/h4-8,11,14H,9-10,12-13H2,1-3H3,(H2,20,22,23). The number of rotatable bonds is 7. The van der Waals surface area contributed by atoms with Gasteiger partial charge in [-0.05, 0) is 37.1 Å². The van der Waals surface area contributed by atoms with Crippen LogP contribution in [0.25, 0.3) is 0 Å². The molecular weight excluding hydrogens is 300 g/mol. The SMILES string of the molecule is CN=C(NCCc1ccccn1)NCCc1cc(C)ccc1OC. The van der Waals surface area contributed by atoms with Crippen LogP contribution in [0.5, 0.6) is 5.75 Å². The molecule has 0 atom stereocenters. The van der Waals surface area contributed by atoms with Crippen LogP contribution in [0.1, 0.15) is 16.8 Å². The van der Waals surface area contributed by atoms with Gasteiger partial charge in [0.05, 0.1) is 7.11 Å². The number of guanidine groups is 1. The molecule has 0 saturated carbocycles. The number of hydrogen-bond acceptors (Lipinski definition) is 3. The third-order valence-corrected chi connectivity index (χ3v) is 3.75. The fourth-order valence-corrected chi connectivity index (χ4v) is 2.49. The Balaban J connectivity index is 1.77. The molecule has 2 rings (SSSR count). The van der Waals surface area contributed by atoms with E-state index in [9.17, 15) is 0 Å². The van der Waals surface area contributed by atoms with Crippen LogP contribution < -0.4 is 15.4 Å². The molecule has 0 amide bonds. The summed E-state index contributed by atoms with van der Waals surface area (Å²) in [6.07, 6.45) is 3.57. The highest BCUT2D eigenvalue weighted by molar-refractivity contribution is 5.79. The smallest absolute Gasteiger partial charge is 0.190 e. The highest BCUT2D eigenvalue weighted by Crippen LogP contribution is 2.19. The van der Waals surface area contributed by atoms with Gasteiger partial charge in [0.1, 0.15) is 5.75 Å². The van der Waals surface area contributed by atoms with Crippen molar-refractivity contribution in [3.05, 3.63) is 59.4 Å². The molecule has 0 bridgehead atoms. The number of ether oxygens (including phenoxy) is 1. The molecule has 24 heavy (non-hydrogen) atoms. The molecule has 2 N–H and O–H groups in total. The monoisotopic (exact) mass is 326 g/mol. The Morgan fingerprint density at radius 1 is 1.12 bits per heavy atom. The molecule has 1 aromatic carbocycles. The highest BCUT2D eigenvalue weighted by Gasteiger charge is 2.04. The molecule has 0 radical (unpaired) electrons. The van der Waals surface area contributed by atoms with Gasteiger partial charge in [-0.1, -0.05) is 23.8 Å². The van der Waals surface area contributed by atoms with Crippen molar-refractivity contribution in [3.8, 4) is 5.75 Å². The number of hydrogen-bond donors (Lipinski definition) is 2. The zero-order valence-corrected chi connectivity index (χ0v) is 14.7. The molecule has 1 heterocycles. The number of aromatic nitrogens is 1. The third kappa shape index (κ3) is 5.57. The van der Waals surface area contributed by atoms with Crippen molar-refractivity contribution in [1.29, 1.82) is 0 Å². The number of nitrogens with zero attached hydrogens (tertiary/aromatic N) is 2. The number of pyridine rings is 1. The summed E-state index contributed by atoms with van der Waals surface area (Å²) >= 11 is 0. The maximum Gasteiger partial charge on any atom is 0.190 e. The van der Waals surface area contributed by atoms with Crippen LogP contribution in [0.2, 0.25) is 0 Å². The van der Waals surface area contributed by atoms with E-state index in [0.29, 0.717) is 0 Å². The van der Waals surface area contributed by atoms with Crippen LogP contribution in [0.4, 0.5) is 0 Å². The molecule has 0 fully saturated rings. The minimum absolute atomic E-state index is 0.795. The molecule has 0 aliphatic rings. The fourth-order valence-electron chi connectivity index (χ4n) is 2.49. The molecule has 1 aromatic heterocycles. The second kappa shape index (κ2) is 9.55. The van der Waals surface area contributed by atoms with Crippen LogP contribution in [-0.2, 0) is 12.8 Å². The van der Waals surface area contributed by atoms with Gasteiger partial charge in [-0.2, -0.15) is 0 Å². The van der Waals surface area contributed by atoms with Crippen molar-refractivity contribution < 1.29 is 4.74 Å². The van der Waals surface area contributed by atoms with E-state index in [1.807, 2.05) is 30.5 Å². The van der Waals surface area contributed by atoms with E-state index in [2.05, 4.69) is 39.7 Å². The minimum atomic E-state index is 0.795. The summed E-state index contributed by atoms with van der Waals surface area (Å²) in [4.78, 5) is 8.57. The Morgan fingerprint density at radius 2 is 1.92 bits per heavy atom. The number of benzene rings is 1. The fraction of sp³-hybridized carbons (Fsp3) is 0.368. The van der Waals surface area contributed by atoms with E-state index < -0.39 is 0 Å². The van der Waals surface area contributed by atoms with Crippen molar-refractivity contribution in [2.75, 3.05) is 27.2 Å². The molecule has 5 nitrogen and oxygen atoms in total. The first-order valence-corrected chi connectivity index (χ1v) is 8.21.